The third-order valence-electron chi connectivity index (χ3n) is 7.08. The van der Waals surface area contributed by atoms with Gasteiger partial charge < -0.3 is 4.90 Å². The maximum absolute atomic E-state index is 2.41. The summed E-state index contributed by atoms with van der Waals surface area (Å²) in [5.74, 6) is 1.62. The molecule has 148 valence electrons. The fourth-order valence-corrected chi connectivity index (χ4v) is 5.67. The van der Waals surface area contributed by atoms with Crippen LogP contribution in [0.1, 0.15) is 67.3 Å². The fraction of sp³-hybridized carbons (Fsp3) is 0.357. The SMILES string of the molecule is CCCC1CC=CC=C1C1c2ccc3c(c2C=CN1C)C=CC1C=C(C)C=CC31. The van der Waals surface area contributed by atoms with E-state index in [1.807, 2.05) is 0 Å². The molecule has 0 N–H and O–H groups in total. The normalized spacial score (nSPS) is 29.1. The highest BCUT2D eigenvalue weighted by atomic mass is 15.1. The second kappa shape index (κ2) is 7.37. The smallest absolute Gasteiger partial charge is 0.0759 e. The molecule has 1 heteroatoms. The van der Waals surface area contributed by atoms with Gasteiger partial charge in [0.2, 0.25) is 0 Å². The van der Waals surface area contributed by atoms with Gasteiger partial charge >= 0.3 is 0 Å². The van der Waals surface area contributed by atoms with Crippen LogP contribution in [0.25, 0.3) is 12.2 Å². The zero-order valence-corrected chi connectivity index (χ0v) is 17.8. The number of hydrogen-bond acceptors (Lipinski definition) is 1. The molecule has 5 rings (SSSR count). The van der Waals surface area contributed by atoms with Crippen molar-refractivity contribution in [1.82, 2.24) is 4.90 Å². The highest BCUT2D eigenvalue weighted by Gasteiger charge is 2.33. The van der Waals surface area contributed by atoms with Crippen molar-refractivity contribution in [3.8, 4) is 0 Å². The molecule has 1 heterocycles. The first-order valence-corrected chi connectivity index (χ1v) is 11.2. The number of fused-ring (bicyclic) bond motifs is 5. The molecule has 4 aliphatic rings. The Morgan fingerprint density at radius 1 is 1.03 bits per heavy atom. The summed E-state index contributed by atoms with van der Waals surface area (Å²) in [4.78, 5) is 2.41. The first-order chi connectivity index (χ1) is 14.2. The molecular formula is C28H31N. The molecule has 4 unspecified atom stereocenters. The van der Waals surface area contributed by atoms with E-state index in [0.29, 0.717) is 23.8 Å². The Morgan fingerprint density at radius 3 is 2.72 bits per heavy atom. The highest BCUT2D eigenvalue weighted by molar-refractivity contribution is 5.75. The van der Waals surface area contributed by atoms with Gasteiger partial charge in [-0.3, -0.25) is 0 Å². The Labute approximate surface area is 175 Å². The summed E-state index contributed by atoms with van der Waals surface area (Å²) in [6.45, 7) is 4.50. The van der Waals surface area contributed by atoms with Gasteiger partial charge in [0.15, 0.2) is 0 Å². The number of hydrogen-bond donors (Lipinski definition) is 0. The van der Waals surface area contributed by atoms with Crippen LogP contribution in [-0.4, -0.2) is 11.9 Å². The molecule has 1 nitrogen and oxygen atoms in total. The molecular weight excluding hydrogens is 350 g/mol. The van der Waals surface area contributed by atoms with Crippen LogP contribution < -0.4 is 0 Å². The molecule has 0 fully saturated rings. The van der Waals surface area contributed by atoms with Gasteiger partial charge in [0.25, 0.3) is 0 Å². The van der Waals surface area contributed by atoms with E-state index in [2.05, 4.69) is 98.8 Å². The third-order valence-corrected chi connectivity index (χ3v) is 7.08. The largest absolute Gasteiger partial charge is 0.370 e. The quantitative estimate of drug-likeness (QED) is 0.535. The molecule has 0 saturated heterocycles. The van der Waals surface area contributed by atoms with Gasteiger partial charge in [0.1, 0.15) is 0 Å². The number of allylic oxidation sites excluding steroid dienone is 8. The Hall–Kier alpha value is -2.54. The van der Waals surface area contributed by atoms with Gasteiger partial charge in [-0.05, 0) is 59.6 Å². The monoisotopic (exact) mass is 381 g/mol. The molecule has 0 spiro atoms. The maximum atomic E-state index is 2.41. The van der Waals surface area contributed by atoms with Crippen molar-refractivity contribution in [2.24, 2.45) is 11.8 Å². The molecule has 29 heavy (non-hydrogen) atoms. The zero-order chi connectivity index (χ0) is 20.0. The van der Waals surface area contributed by atoms with E-state index in [4.69, 9.17) is 0 Å². The lowest BCUT2D eigenvalue weighted by Gasteiger charge is -2.39. The first kappa shape index (κ1) is 18.5. The lowest BCUT2D eigenvalue weighted by Crippen LogP contribution is -2.29. The van der Waals surface area contributed by atoms with Gasteiger partial charge in [0.05, 0.1) is 6.04 Å². The van der Waals surface area contributed by atoms with Crippen LogP contribution in [0, 0.1) is 11.8 Å². The second-order valence-electron chi connectivity index (χ2n) is 9.00. The van der Waals surface area contributed by atoms with E-state index in [-0.39, 0.29) is 0 Å². The van der Waals surface area contributed by atoms with Gasteiger partial charge in [-0.1, -0.05) is 79.7 Å². The number of benzene rings is 1. The Morgan fingerprint density at radius 2 is 1.86 bits per heavy atom. The second-order valence-corrected chi connectivity index (χ2v) is 9.00. The van der Waals surface area contributed by atoms with E-state index in [9.17, 15) is 0 Å². The summed E-state index contributed by atoms with van der Waals surface area (Å²) in [6.07, 6.45) is 27.2. The molecule has 4 atom stereocenters. The van der Waals surface area contributed by atoms with E-state index in [1.54, 1.807) is 5.57 Å². The Bertz CT molecular complexity index is 997. The highest BCUT2D eigenvalue weighted by Crippen LogP contribution is 2.46. The summed E-state index contributed by atoms with van der Waals surface area (Å²) < 4.78 is 0. The van der Waals surface area contributed by atoms with E-state index in [1.165, 1.54) is 47.1 Å². The standard InChI is InChI=1S/C28H31N/c1-4-7-20-8-5-6-9-23(20)28-27-15-14-24-22-12-10-19(2)18-21(22)11-13-25(24)26(27)16-17-29(28)3/h5-6,9-18,20-22,28H,4,7-8H2,1-3H3. The minimum Gasteiger partial charge on any atom is -0.370 e. The fourth-order valence-electron chi connectivity index (χ4n) is 5.67. The van der Waals surface area contributed by atoms with Crippen LogP contribution in [0.3, 0.4) is 0 Å². The first-order valence-electron chi connectivity index (χ1n) is 11.2. The number of likely N-dealkylation sites (N-methyl/N-ethyl adjacent to an activating group) is 1. The molecule has 0 saturated carbocycles. The predicted octanol–water partition coefficient (Wildman–Crippen LogP) is 7.19. The topological polar surface area (TPSA) is 3.24 Å². The van der Waals surface area contributed by atoms with Crippen molar-refractivity contribution in [3.05, 3.63) is 94.3 Å². The van der Waals surface area contributed by atoms with Crippen molar-refractivity contribution in [3.63, 3.8) is 0 Å². The number of nitrogens with zero attached hydrogens (tertiary/aromatic N) is 1. The van der Waals surface area contributed by atoms with Crippen molar-refractivity contribution < 1.29 is 0 Å². The van der Waals surface area contributed by atoms with Crippen molar-refractivity contribution in [1.29, 1.82) is 0 Å². The molecule has 3 aliphatic carbocycles. The van der Waals surface area contributed by atoms with Crippen LogP contribution in [-0.2, 0) is 0 Å². The van der Waals surface area contributed by atoms with Gasteiger partial charge in [-0.15, -0.1) is 0 Å². The minimum absolute atomic E-state index is 0.344. The van der Waals surface area contributed by atoms with Crippen LogP contribution >= 0.6 is 0 Å². The maximum Gasteiger partial charge on any atom is 0.0759 e. The van der Waals surface area contributed by atoms with Gasteiger partial charge in [-0.25, -0.2) is 0 Å². The Kier molecular flexibility index (Phi) is 4.70. The lowest BCUT2D eigenvalue weighted by atomic mass is 9.72. The van der Waals surface area contributed by atoms with Crippen molar-refractivity contribution in [2.45, 2.75) is 45.1 Å². The molecule has 0 amide bonds. The molecule has 1 aromatic carbocycles. The van der Waals surface area contributed by atoms with E-state index >= 15 is 0 Å². The van der Waals surface area contributed by atoms with Crippen LogP contribution in [0.2, 0.25) is 0 Å². The van der Waals surface area contributed by atoms with Crippen LogP contribution in [0.15, 0.2) is 72.0 Å². The Balaban J connectivity index is 1.60. The van der Waals surface area contributed by atoms with E-state index in [0.717, 1.165) is 0 Å². The molecule has 0 aromatic heterocycles. The zero-order valence-electron chi connectivity index (χ0n) is 17.8. The van der Waals surface area contributed by atoms with Crippen LogP contribution in [0.4, 0.5) is 0 Å². The summed E-state index contributed by atoms with van der Waals surface area (Å²) in [5, 5.41) is 0. The van der Waals surface area contributed by atoms with Crippen molar-refractivity contribution >= 4 is 12.2 Å². The molecule has 0 bridgehead atoms. The summed E-state index contributed by atoms with van der Waals surface area (Å²) in [6, 6.07) is 5.16. The van der Waals surface area contributed by atoms with Crippen molar-refractivity contribution in [2.75, 3.05) is 7.05 Å². The predicted molar refractivity (Wildman–Crippen MR) is 124 cm³/mol. The van der Waals surface area contributed by atoms with Crippen LogP contribution in [0.5, 0.6) is 0 Å². The molecule has 1 aliphatic heterocycles. The van der Waals surface area contributed by atoms with E-state index < -0.39 is 0 Å². The lowest BCUT2D eigenvalue weighted by molar-refractivity contribution is 0.339. The minimum atomic E-state index is 0.344. The average molecular weight is 382 g/mol. The third kappa shape index (κ3) is 3.08. The number of rotatable bonds is 3. The average Bonchev–Trinajstić information content (AvgIpc) is 2.73. The summed E-state index contributed by atoms with van der Waals surface area (Å²) >= 11 is 0. The summed E-state index contributed by atoms with van der Waals surface area (Å²) in [7, 11) is 2.23. The summed E-state index contributed by atoms with van der Waals surface area (Å²) in [5.41, 5.74) is 8.74. The van der Waals surface area contributed by atoms with Gasteiger partial charge in [0, 0.05) is 25.1 Å². The molecule has 0 radical (unpaired) electrons. The molecule has 1 aromatic rings. The van der Waals surface area contributed by atoms with Gasteiger partial charge in [-0.2, -0.15) is 0 Å².